The second-order valence-electron chi connectivity index (χ2n) is 3.11. The van der Waals surface area contributed by atoms with Gasteiger partial charge in [-0.2, -0.15) is 0 Å². The Bertz CT molecular complexity index is 372. The molecule has 0 bridgehead atoms. The van der Waals surface area contributed by atoms with Gasteiger partial charge in [0.1, 0.15) is 0 Å². The van der Waals surface area contributed by atoms with Crippen LogP contribution in [0.4, 0.5) is 0 Å². The highest BCUT2D eigenvalue weighted by atomic mass is 16.4. The lowest BCUT2D eigenvalue weighted by atomic mass is 10.3. The van der Waals surface area contributed by atoms with Gasteiger partial charge in [-0.1, -0.05) is 0 Å². The molecule has 74 valence electrons. The van der Waals surface area contributed by atoms with E-state index < -0.39 is 23.4 Å². The number of rotatable bonds is 3. The van der Waals surface area contributed by atoms with Gasteiger partial charge in [-0.3, -0.25) is 0 Å². The lowest BCUT2D eigenvalue weighted by Crippen LogP contribution is -2.05. The topological polar surface area (TPSA) is 101 Å². The first-order valence-corrected chi connectivity index (χ1v) is 4.07. The van der Waals surface area contributed by atoms with Crippen LogP contribution >= 0.6 is 0 Å². The molecule has 2 rings (SSSR count). The molecule has 0 radical (unpaired) electrons. The van der Waals surface area contributed by atoms with E-state index in [1.165, 1.54) is 0 Å². The van der Waals surface area contributed by atoms with Crippen molar-refractivity contribution in [2.24, 2.45) is 0 Å². The number of nitrogens with zero attached hydrogens (tertiary/aromatic N) is 1. The van der Waals surface area contributed by atoms with Gasteiger partial charge < -0.3 is 14.6 Å². The zero-order valence-corrected chi connectivity index (χ0v) is 7.06. The van der Waals surface area contributed by atoms with Crippen LogP contribution < -0.4 is 0 Å². The van der Waals surface area contributed by atoms with Crippen LogP contribution in [0.1, 0.15) is 45.7 Å². The van der Waals surface area contributed by atoms with Gasteiger partial charge in [0.05, 0.1) is 0 Å². The fraction of sp³-hybridized carbons (Fsp3) is 0.375. The third kappa shape index (κ3) is 1.34. The summed E-state index contributed by atoms with van der Waals surface area (Å²) in [4.78, 5) is 24.8. The monoisotopic (exact) mass is 197 g/mol. The summed E-state index contributed by atoms with van der Waals surface area (Å²) in [6, 6.07) is 0. The van der Waals surface area contributed by atoms with Crippen molar-refractivity contribution in [1.82, 2.24) is 4.98 Å². The number of aromatic carboxylic acids is 2. The predicted octanol–water partition coefficient (Wildman–Crippen LogP) is 0.948. The zero-order chi connectivity index (χ0) is 10.3. The highest BCUT2D eigenvalue weighted by Gasteiger charge is 2.33. The van der Waals surface area contributed by atoms with Crippen molar-refractivity contribution in [2.45, 2.75) is 18.8 Å². The molecule has 1 aliphatic carbocycles. The Morgan fingerprint density at radius 2 is 1.93 bits per heavy atom. The van der Waals surface area contributed by atoms with Gasteiger partial charge in [0.2, 0.25) is 11.5 Å². The van der Waals surface area contributed by atoms with Crippen LogP contribution in [0.25, 0.3) is 0 Å². The number of hydrogen-bond donors (Lipinski definition) is 2. The third-order valence-corrected chi connectivity index (χ3v) is 1.97. The minimum Gasteiger partial charge on any atom is -0.476 e. The van der Waals surface area contributed by atoms with Gasteiger partial charge in [-0.25, -0.2) is 14.6 Å². The van der Waals surface area contributed by atoms with Crippen molar-refractivity contribution >= 4 is 11.9 Å². The highest BCUT2D eigenvalue weighted by Crippen LogP contribution is 2.40. The van der Waals surface area contributed by atoms with E-state index in [2.05, 4.69) is 4.98 Å². The van der Waals surface area contributed by atoms with Gasteiger partial charge in [-0.05, 0) is 12.8 Å². The highest BCUT2D eigenvalue weighted by molar-refractivity contribution is 5.98. The van der Waals surface area contributed by atoms with Crippen LogP contribution in [-0.4, -0.2) is 27.1 Å². The first kappa shape index (κ1) is 8.74. The maximum absolute atomic E-state index is 10.6. The standard InChI is InChI=1S/C8H7NO5/c10-7(11)4-5(8(12)13)14-6(9-4)3-1-2-3/h3H,1-2H2,(H,10,11)(H,12,13). The third-order valence-electron chi connectivity index (χ3n) is 1.97. The molecule has 0 saturated heterocycles. The molecule has 1 fully saturated rings. The number of hydrogen-bond acceptors (Lipinski definition) is 4. The summed E-state index contributed by atoms with van der Waals surface area (Å²) in [6.45, 7) is 0. The summed E-state index contributed by atoms with van der Waals surface area (Å²) in [5.41, 5.74) is -0.514. The molecule has 0 amide bonds. The quantitative estimate of drug-likeness (QED) is 0.747. The minimum absolute atomic E-state index is 0.0983. The lowest BCUT2D eigenvalue weighted by Gasteiger charge is -1.87. The van der Waals surface area contributed by atoms with Gasteiger partial charge in [0.25, 0.3) is 0 Å². The molecule has 14 heavy (non-hydrogen) atoms. The summed E-state index contributed by atoms with van der Waals surface area (Å²) in [5.74, 6) is -3.04. The number of carboxylic acid groups (broad SMARTS) is 2. The molecule has 1 aromatic heterocycles. The molecular weight excluding hydrogens is 190 g/mol. The van der Waals surface area contributed by atoms with Gasteiger partial charge in [0, 0.05) is 5.92 Å². The predicted molar refractivity (Wildman–Crippen MR) is 42.4 cm³/mol. The molecule has 0 aliphatic heterocycles. The first-order valence-electron chi connectivity index (χ1n) is 4.07. The Hall–Kier alpha value is -1.85. The molecule has 1 aromatic rings. The molecule has 1 heterocycles. The zero-order valence-electron chi connectivity index (χ0n) is 7.06. The Balaban J connectivity index is 2.44. The molecule has 6 heteroatoms. The van der Waals surface area contributed by atoms with Crippen LogP contribution in [0.5, 0.6) is 0 Å². The SMILES string of the molecule is O=C(O)c1nc(C2CC2)oc1C(=O)O. The van der Waals surface area contributed by atoms with E-state index in [0.29, 0.717) is 0 Å². The fourth-order valence-corrected chi connectivity index (χ4v) is 1.13. The van der Waals surface area contributed by atoms with Crippen LogP contribution in [0.3, 0.4) is 0 Å². The number of carboxylic acids is 2. The normalized spacial score (nSPS) is 15.4. The fourth-order valence-electron chi connectivity index (χ4n) is 1.13. The largest absolute Gasteiger partial charge is 0.476 e. The number of oxazole rings is 1. The number of aromatic nitrogens is 1. The molecule has 0 aromatic carbocycles. The van der Waals surface area contributed by atoms with Crippen molar-refractivity contribution in [1.29, 1.82) is 0 Å². The Labute approximate surface area is 78.2 Å². The Morgan fingerprint density at radius 1 is 1.29 bits per heavy atom. The molecular formula is C8H7NO5. The Kier molecular flexibility index (Phi) is 1.77. The van der Waals surface area contributed by atoms with Crippen molar-refractivity contribution in [3.05, 3.63) is 17.3 Å². The van der Waals surface area contributed by atoms with E-state index in [1.807, 2.05) is 0 Å². The molecule has 0 unspecified atom stereocenters. The van der Waals surface area contributed by atoms with Crippen molar-refractivity contribution in [2.75, 3.05) is 0 Å². The van der Waals surface area contributed by atoms with E-state index in [4.69, 9.17) is 14.6 Å². The van der Waals surface area contributed by atoms with E-state index in [0.717, 1.165) is 12.8 Å². The summed E-state index contributed by atoms with van der Waals surface area (Å²) < 4.78 is 4.87. The molecule has 6 nitrogen and oxygen atoms in total. The van der Waals surface area contributed by atoms with E-state index in [1.54, 1.807) is 0 Å². The minimum atomic E-state index is -1.40. The Morgan fingerprint density at radius 3 is 2.29 bits per heavy atom. The average Bonchev–Trinajstić information content (AvgIpc) is 2.83. The van der Waals surface area contributed by atoms with Crippen molar-refractivity contribution in [3.63, 3.8) is 0 Å². The van der Waals surface area contributed by atoms with E-state index in [-0.39, 0.29) is 11.8 Å². The summed E-state index contributed by atoms with van der Waals surface area (Å²) in [6.07, 6.45) is 1.75. The van der Waals surface area contributed by atoms with E-state index >= 15 is 0 Å². The average molecular weight is 197 g/mol. The lowest BCUT2D eigenvalue weighted by molar-refractivity contribution is 0.0623. The van der Waals surface area contributed by atoms with Crippen LogP contribution in [0.15, 0.2) is 4.42 Å². The van der Waals surface area contributed by atoms with Crippen molar-refractivity contribution in [3.8, 4) is 0 Å². The van der Waals surface area contributed by atoms with Gasteiger partial charge >= 0.3 is 11.9 Å². The summed E-state index contributed by atoms with van der Waals surface area (Å²) in [5, 5.41) is 17.3. The van der Waals surface area contributed by atoms with Crippen LogP contribution in [-0.2, 0) is 0 Å². The second-order valence-corrected chi connectivity index (χ2v) is 3.11. The van der Waals surface area contributed by atoms with Crippen LogP contribution in [0, 0.1) is 0 Å². The summed E-state index contributed by atoms with van der Waals surface area (Å²) in [7, 11) is 0. The van der Waals surface area contributed by atoms with Crippen LogP contribution in [0.2, 0.25) is 0 Å². The smallest absolute Gasteiger partial charge is 0.374 e. The second kappa shape index (κ2) is 2.83. The van der Waals surface area contributed by atoms with Crippen molar-refractivity contribution < 1.29 is 24.2 Å². The molecule has 0 atom stereocenters. The van der Waals surface area contributed by atoms with Gasteiger partial charge in [-0.15, -0.1) is 0 Å². The molecule has 1 saturated carbocycles. The number of carbonyl (C=O) groups is 2. The maximum Gasteiger partial charge on any atom is 0.374 e. The molecule has 1 aliphatic rings. The molecule has 0 spiro atoms. The van der Waals surface area contributed by atoms with E-state index in [9.17, 15) is 9.59 Å². The maximum atomic E-state index is 10.6. The first-order chi connectivity index (χ1) is 6.59. The van der Waals surface area contributed by atoms with Gasteiger partial charge in [0.15, 0.2) is 5.89 Å². The molecule has 2 N–H and O–H groups in total. The summed E-state index contributed by atoms with van der Waals surface area (Å²) >= 11 is 0.